The van der Waals surface area contributed by atoms with E-state index in [2.05, 4.69) is 0 Å². The van der Waals surface area contributed by atoms with E-state index < -0.39 is 27.8 Å². The molecule has 0 saturated heterocycles. The first kappa shape index (κ1) is 21.0. The third-order valence-electron chi connectivity index (χ3n) is 1.74. The Morgan fingerprint density at radius 3 is 1.53 bits per heavy atom. The molecule has 6 N–H and O–H groups in total. The zero-order valence-corrected chi connectivity index (χ0v) is 11.4. The Kier molecular flexibility index (Phi) is 12.7. The summed E-state index contributed by atoms with van der Waals surface area (Å²) in [5, 5.41) is 42.4. The molecule has 0 amide bonds. The zero-order valence-electron chi connectivity index (χ0n) is 10.6. The molecule has 0 spiro atoms. The summed E-state index contributed by atoms with van der Waals surface area (Å²) in [6.45, 7) is 0.657. The molecule has 3 atom stereocenters. The van der Waals surface area contributed by atoms with Gasteiger partial charge in [0.15, 0.2) is 5.44 Å². The first-order chi connectivity index (χ1) is 8.68. The predicted molar refractivity (Wildman–Crippen MR) is 64.9 cm³/mol. The second-order valence-electron chi connectivity index (χ2n) is 3.59. The maximum absolute atomic E-state index is 9.87. The number of ether oxygens (including phenoxy) is 1. The van der Waals surface area contributed by atoms with E-state index in [1.165, 1.54) is 6.92 Å². The van der Waals surface area contributed by atoms with Crippen LogP contribution in [-0.4, -0.2) is 82.6 Å². The van der Waals surface area contributed by atoms with Gasteiger partial charge in [0, 0.05) is 0 Å². The summed E-state index contributed by atoms with van der Waals surface area (Å²) in [4.78, 5) is 0. The lowest BCUT2D eigenvalue weighted by molar-refractivity contribution is -0.0364. The lowest BCUT2D eigenvalue weighted by Gasteiger charge is -2.10. The lowest BCUT2D eigenvalue weighted by Crippen LogP contribution is -2.25. The summed E-state index contributed by atoms with van der Waals surface area (Å²) in [6, 6.07) is 0. The summed E-state index contributed by atoms with van der Waals surface area (Å²) in [7, 11) is -4.20. The Morgan fingerprint density at radius 2 is 1.37 bits per heavy atom. The SMILES string of the molecule is CCC(O)S(=O)(=O)O.OCC(O)COCC(O)CO. The Balaban J connectivity index is 0. The van der Waals surface area contributed by atoms with Crippen molar-refractivity contribution in [3.63, 3.8) is 0 Å². The van der Waals surface area contributed by atoms with Gasteiger partial charge in [0.05, 0.1) is 26.4 Å². The van der Waals surface area contributed by atoms with Crippen LogP contribution in [0.4, 0.5) is 0 Å². The normalized spacial score (nSPS) is 16.2. The zero-order chi connectivity index (χ0) is 15.5. The van der Waals surface area contributed by atoms with Crippen LogP contribution in [0, 0.1) is 0 Å². The van der Waals surface area contributed by atoms with Crippen molar-refractivity contribution < 1.29 is 43.2 Å². The number of aliphatic hydroxyl groups excluding tert-OH is 5. The van der Waals surface area contributed by atoms with Gasteiger partial charge in [-0.25, -0.2) is 0 Å². The standard InChI is InChI=1S/C6H14O5.C3H8O4S/c7-1-5(9)3-11-4-6(10)2-8;1-2-3(4)8(5,6)7/h5-10H,1-4H2;3-4H,2H2,1H3,(H,5,6,7). The molecule has 3 unspecified atom stereocenters. The highest BCUT2D eigenvalue weighted by atomic mass is 32.2. The Labute approximate surface area is 111 Å². The maximum atomic E-state index is 9.87. The van der Waals surface area contributed by atoms with Crippen molar-refractivity contribution in [2.24, 2.45) is 0 Å². The second-order valence-corrected chi connectivity index (χ2v) is 5.16. The minimum absolute atomic E-state index is 0.0127. The first-order valence-electron chi connectivity index (χ1n) is 5.48. The van der Waals surface area contributed by atoms with Gasteiger partial charge in [-0.05, 0) is 6.42 Å². The molecule has 0 radical (unpaired) electrons. The molecule has 0 aromatic heterocycles. The summed E-state index contributed by atoms with van der Waals surface area (Å²) in [6.07, 6.45) is -1.82. The first-order valence-corrected chi connectivity index (χ1v) is 6.99. The van der Waals surface area contributed by atoms with E-state index in [1.807, 2.05) is 0 Å². The van der Waals surface area contributed by atoms with Gasteiger partial charge in [-0.2, -0.15) is 8.42 Å². The van der Waals surface area contributed by atoms with E-state index in [1.54, 1.807) is 0 Å². The topological polar surface area (TPSA) is 165 Å². The van der Waals surface area contributed by atoms with E-state index >= 15 is 0 Å². The van der Waals surface area contributed by atoms with Crippen LogP contribution >= 0.6 is 0 Å². The monoisotopic (exact) mass is 306 g/mol. The van der Waals surface area contributed by atoms with E-state index in [0.717, 1.165) is 0 Å². The van der Waals surface area contributed by atoms with Crippen LogP contribution in [0.3, 0.4) is 0 Å². The third kappa shape index (κ3) is 13.9. The van der Waals surface area contributed by atoms with Gasteiger partial charge in [0.2, 0.25) is 0 Å². The molecule has 10 heteroatoms. The fourth-order valence-electron chi connectivity index (χ4n) is 0.656. The summed E-state index contributed by atoms with van der Waals surface area (Å²) in [5.41, 5.74) is -1.62. The van der Waals surface area contributed by atoms with Crippen molar-refractivity contribution in [1.82, 2.24) is 0 Å². The summed E-state index contributed by atoms with van der Waals surface area (Å²) < 4.78 is 32.5. The van der Waals surface area contributed by atoms with Crippen molar-refractivity contribution in [3.8, 4) is 0 Å². The van der Waals surface area contributed by atoms with Gasteiger partial charge >= 0.3 is 0 Å². The molecule has 0 aromatic carbocycles. The number of hydrogen-bond acceptors (Lipinski definition) is 8. The molecule has 0 rings (SSSR count). The molecule has 9 nitrogen and oxygen atoms in total. The van der Waals surface area contributed by atoms with Crippen LogP contribution < -0.4 is 0 Å². The minimum atomic E-state index is -4.20. The number of aliphatic hydroxyl groups is 5. The van der Waals surface area contributed by atoms with Crippen molar-refractivity contribution in [2.45, 2.75) is 31.0 Å². The highest BCUT2D eigenvalue weighted by Crippen LogP contribution is 1.96. The summed E-state index contributed by atoms with van der Waals surface area (Å²) in [5.74, 6) is 0. The Hall–Kier alpha value is -0.330. The molecule has 118 valence electrons. The molecule has 0 heterocycles. The molecule has 0 bridgehead atoms. The van der Waals surface area contributed by atoms with Crippen LogP contribution in [0.2, 0.25) is 0 Å². The number of rotatable bonds is 8. The molecular weight excluding hydrogens is 284 g/mol. The average molecular weight is 306 g/mol. The fourth-order valence-corrected chi connectivity index (χ4v) is 1.08. The van der Waals surface area contributed by atoms with Gasteiger partial charge in [-0.1, -0.05) is 6.92 Å². The molecule has 0 fully saturated rings. The molecule has 0 aliphatic carbocycles. The molecule has 0 aromatic rings. The highest BCUT2D eigenvalue weighted by molar-refractivity contribution is 7.86. The van der Waals surface area contributed by atoms with E-state index in [9.17, 15) is 8.42 Å². The van der Waals surface area contributed by atoms with Gasteiger partial charge in [0.25, 0.3) is 10.1 Å². The van der Waals surface area contributed by atoms with Crippen LogP contribution in [0.5, 0.6) is 0 Å². The van der Waals surface area contributed by atoms with Crippen LogP contribution in [0.25, 0.3) is 0 Å². The van der Waals surface area contributed by atoms with Crippen LogP contribution in [-0.2, 0) is 14.9 Å². The van der Waals surface area contributed by atoms with Crippen molar-refractivity contribution >= 4 is 10.1 Å². The number of hydrogen-bond donors (Lipinski definition) is 6. The third-order valence-corrected chi connectivity index (χ3v) is 2.76. The van der Waals surface area contributed by atoms with Crippen molar-refractivity contribution in [3.05, 3.63) is 0 Å². The molecule has 0 aliphatic rings. The average Bonchev–Trinajstić information content (AvgIpc) is 2.36. The van der Waals surface area contributed by atoms with Crippen LogP contribution in [0.15, 0.2) is 0 Å². The molecule has 19 heavy (non-hydrogen) atoms. The van der Waals surface area contributed by atoms with Gasteiger partial charge in [0.1, 0.15) is 12.2 Å². The Morgan fingerprint density at radius 1 is 1.00 bits per heavy atom. The smallest absolute Gasteiger partial charge is 0.291 e. The lowest BCUT2D eigenvalue weighted by atomic mass is 10.4. The largest absolute Gasteiger partial charge is 0.394 e. The predicted octanol–water partition coefficient (Wildman–Crippen LogP) is -2.69. The van der Waals surface area contributed by atoms with E-state index in [4.69, 9.17) is 34.8 Å². The minimum Gasteiger partial charge on any atom is -0.394 e. The summed E-state index contributed by atoms with van der Waals surface area (Å²) >= 11 is 0. The Bertz CT molecular complexity index is 282. The molecule has 0 saturated carbocycles. The van der Waals surface area contributed by atoms with Crippen molar-refractivity contribution in [2.75, 3.05) is 26.4 Å². The maximum Gasteiger partial charge on any atom is 0.291 e. The van der Waals surface area contributed by atoms with Gasteiger partial charge in [-0.15, -0.1) is 0 Å². The fraction of sp³-hybridized carbons (Fsp3) is 1.00. The van der Waals surface area contributed by atoms with Gasteiger partial charge in [-0.3, -0.25) is 4.55 Å². The van der Waals surface area contributed by atoms with E-state index in [-0.39, 0.29) is 32.8 Å². The van der Waals surface area contributed by atoms with Crippen LogP contribution in [0.1, 0.15) is 13.3 Å². The molecule has 0 aliphatic heterocycles. The second kappa shape index (κ2) is 11.5. The highest BCUT2D eigenvalue weighted by Gasteiger charge is 2.15. The van der Waals surface area contributed by atoms with Crippen molar-refractivity contribution in [1.29, 1.82) is 0 Å². The van der Waals surface area contributed by atoms with Gasteiger partial charge < -0.3 is 30.3 Å². The molecular formula is C9H22O9S. The van der Waals surface area contributed by atoms with E-state index in [0.29, 0.717) is 0 Å². The quantitative estimate of drug-likeness (QED) is 0.262.